The number of likely N-dealkylation sites (tertiary alicyclic amines) is 1. The first-order valence-electron chi connectivity index (χ1n) is 16.3. The molecule has 6 N–H and O–H groups in total. The van der Waals surface area contributed by atoms with Gasteiger partial charge in [0.05, 0.1) is 25.2 Å². The van der Waals surface area contributed by atoms with E-state index in [0.717, 1.165) is 12.8 Å². The number of carbonyl (C=O) groups excluding carboxylic acids is 5. The monoisotopic (exact) mass is 643 g/mol. The number of methoxy groups -OCH3 is 1. The fraction of sp³-hybridized carbons (Fsp3) is 0.676. The minimum atomic E-state index is -1.44. The van der Waals surface area contributed by atoms with E-state index in [1.165, 1.54) is 12.0 Å². The Bertz CT molecular complexity index is 1270. The molecule has 6 atom stereocenters. The van der Waals surface area contributed by atoms with Gasteiger partial charge in [-0.15, -0.1) is 0 Å². The van der Waals surface area contributed by atoms with Crippen molar-refractivity contribution >= 4 is 29.3 Å². The van der Waals surface area contributed by atoms with Crippen LogP contribution in [-0.2, 0) is 19.2 Å². The zero-order chi connectivity index (χ0) is 34.5. The normalized spacial score (nSPS) is 21.1. The Balaban J connectivity index is 1.83. The van der Waals surface area contributed by atoms with Crippen molar-refractivity contribution in [3.8, 4) is 5.75 Å². The minimum absolute atomic E-state index is 0.0463. The summed E-state index contributed by atoms with van der Waals surface area (Å²) < 4.78 is 5.26. The lowest BCUT2D eigenvalue weighted by Crippen LogP contribution is -2.63. The molecule has 1 aliphatic carbocycles. The zero-order valence-corrected chi connectivity index (χ0v) is 28.5. The van der Waals surface area contributed by atoms with Crippen LogP contribution in [0.2, 0.25) is 0 Å². The first kappa shape index (κ1) is 37.1. The van der Waals surface area contributed by atoms with Crippen LogP contribution in [0.25, 0.3) is 0 Å². The lowest BCUT2D eigenvalue weighted by Gasteiger charge is -2.38. The van der Waals surface area contributed by atoms with E-state index in [-0.39, 0.29) is 29.5 Å². The van der Waals surface area contributed by atoms with Crippen molar-refractivity contribution in [2.24, 2.45) is 34.8 Å². The van der Waals surface area contributed by atoms with Crippen LogP contribution in [0.5, 0.6) is 5.75 Å². The van der Waals surface area contributed by atoms with Crippen molar-refractivity contribution in [2.45, 2.75) is 105 Å². The van der Waals surface area contributed by atoms with E-state index in [4.69, 9.17) is 10.5 Å². The smallest absolute Gasteiger partial charge is 0.287 e. The minimum Gasteiger partial charge on any atom is -0.497 e. The number of hydrogen-bond acceptors (Lipinski definition) is 9. The third-order valence-corrected chi connectivity index (χ3v) is 9.07. The molecular weight excluding hydrogens is 590 g/mol. The Morgan fingerprint density at radius 1 is 1.04 bits per heavy atom. The van der Waals surface area contributed by atoms with Crippen LogP contribution in [-0.4, -0.2) is 83.5 Å². The Labute approximate surface area is 272 Å². The molecule has 1 aromatic rings. The molecule has 1 saturated heterocycles. The highest BCUT2D eigenvalue weighted by molar-refractivity contribution is 6.37. The summed E-state index contributed by atoms with van der Waals surface area (Å²) in [4.78, 5) is 67.5. The highest BCUT2D eigenvalue weighted by atomic mass is 16.5. The predicted molar refractivity (Wildman–Crippen MR) is 173 cm³/mol. The maximum Gasteiger partial charge on any atom is 0.287 e. The molecule has 46 heavy (non-hydrogen) atoms. The van der Waals surface area contributed by atoms with Crippen molar-refractivity contribution in [3.63, 3.8) is 0 Å². The largest absolute Gasteiger partial charge is 0.497 e. The van der Waals surface area contributed by atoms with Crippen molar-refractivity contribution < 1.29 is 33.8 Å². The van der Waals surface area contributed by atoms with Gasteiger partial charge >= 0.3 is 0 Å². The molecule has 0 spiro atoms. The Morgan fingerprint density at radius 2 is 1.70 bits per heavy atom. The molecule has 3 rings (SSSR count). The molecular formula is C34H53N5O7. The number of nitrogens with one attached hydrogen (secondary N) is 3. The number of benzene rings is 1. The highest BCUT2D eigenvalue weighted by Crippen LogP contribution is 2.35. The molecule has 0 radical (unpaired) electrons. The van der Waals surface area contributed by atoms with Crippen molar-refractivity contribution in [2.75, 3.05) is 13.7 Å². The number of nitrogens with zero attached hydrogens (tertiary/aromatic N) is 1. The summed E-state index contributed by atoms with van der Waals surface area (Å²) in [6, 6.07) is 3.11. The number of aliphatic hydroxyl groups is 1. The highest BCUT2D eigenvalue weighted by Gasteiger charge is 2.48. The van der Waals surface area contributed by atoms with Gasteiger partial charge in [-0.05, 0) is 54.1 Å². The fourth-order valence-corrected chi connectivity index (χ4v) is 6.21. The molecule has 12 nitrogen and oxygen atoms in total. The summed E-state index contributed by atoms with van der Waals surface area (Å²) in [5.41, 5.74) is 5.00. The molecule has 0 bridgehead atoms. The molecule has 256 valence electrons. The van der Waals surface area contributed by atoms with Crippen LogP contribution in [0.15, 0.2) is 24.3 Å². The lowest BCUT2D eigenvalue weighted by molar-refractivity contribution is -0.145. The standard InChI is InChI=1S/C34H53N5O7/c1-18(2)23-14-15-39(26(23)31(43)36-24(16-20-12-13-20)28(41)30(35)42)32(44)29(34(5,6)7)38-33(45)37-25(19(3)4)27(40)21-10-9-11-22(17-21)46-8/h9-11,17-20,23-26,29,33,37-38,45H,12-16H2,1-8H3,(H2,35,42)(H,36,43)/t23-,24?,25+,26+,29-,33?/m1/s1. The summed E-state index contributed by atoms with van der Waals surface area (Å²) in [5.74, 6) is -2.65. The topological polar surface area (TPSA) is 180 Å². The molecule has 1 aliphatic heterocycles. The number of aliphatic hydroxyl groups excluding tert-OH is 1. The van der Waals surface area contributed by atoms with Crippen molar-refractivity contribution in [1.82, 2.24) is 20.9 Å². The van der Waals surface area contributed by atoms with Gasteiger partial charge in [0.2, 0.25) is 17.6 Å². The number of rotatable bonds is 16. The number of Topliss-reactive ketones (excluding diaryl/α,β-unsaturated/α-hetero) is 2. The van der Waals surface area contributed by atoms with Gasteiger partial charge in [-0.2, -0.15) is 0 Å². The molecule has 2 unspecified atom stereocenters. The van der Waals surface area contributed by atoms with Gasteiger partial charge in [0, 0.05) is 12.1 Å². The Hall–Kier alpha value is -3.35. The second kappa shape index (κ2) is 15.5. The van der Waals surface area contributed by atoms with E-state index in [1.54, 1.807) is 24.3 Å². The zero-order valence-electron chi connectivity index (χ0n) is 28.5. The molecule has 1 aromatic carbocycles. The van der Waals surface area contributed by atoms with Crippen LogP contribution in [0, 0.1) is 29.1 Å². The molecule has 12 heteroatoms. The third-order valence-electron chi connectivity index (χ3n) is 9.07. The van der Waals surface area contributed by atoms with Crippen LogP contribution in [0.1, 0.15) is 84.5 Å². The summed E-state index contributed by atoms with van der Waals surface area (Å²) in [5, 5.41) is 19.9. The van der Waals surface area contributed by atoms with E-state index in [1.807, 2.05) is 48.5 Å². The second-order valence-electron chi connectivity index (χ2n) is 14.5. The number of amides is 3. The SMILES string of the molecule is COc1cccc(C(=O)[C@@H](NC(O)N[C@H](C(=O)N2CC[C@H](C(C)C)[C@H]2C(=O)NC(CC2CC2)C(=O)C(N)=O)C(C)(C)C)C(C)C)c1. The summed E-state index contributed by atoms with van der Waals surface area (Å²) in [6.45, 7) is 13.5. The number of ether oxygens (including phenoxy) is 1. The molecule has 2 aliphatic rings. The van der Waals surface area contributed by atoms with Crippen LogP contribution < -0.4 is 26.4 Å². The van der Waals surface area contributed by atoms with Gasteiger partial charge in [-0.1, -0.05) is 73.4 Å². The maximum atomic E-state index is 14.3. The van der Waals surface area contributed by atoms with Gasteiger partial charge in [0.25, 0.3) is 5.91 Å². The molecule has 2 fully saturated rings. The van der Waals surface area contributed by atoms with E-state index < -0.39 is 59.4 Å². The number of primary amides is 1. The predicted octanol–water partition coefficient (Wildman–Crippen LogP) is 1.98. The summed E-state index contributed by atoms with van der Waals surface area (Å²) in [7, 11) is 1.52. The number of ketones is 2. The summed E-state index contributed by atoms with van der Waals surface area (Å²) >= 11 is 0. The average molecular weight is 644 g/mol. The second-order valence-corrected chi connectivity index (χ2v) is 14.5. The molecule has 1 heterocycles. The van der Waals surface area contributed by atoms with Gasteiger partial charge in [0.1, 0.15) is 11.8 Å². The van der Waals surface area contributed by atoms with Gasteiger partial charge in [-0.25, -0.2) is 0 Å². The van der Waals surface area contributed by atoms with E-state index >= 15 is 0 Å². The van der Waals surface area contributed by atoms with Gasteiger partial charge in [-0.3, -0.25) is 34.6 Å². The quantitative estimate of drug-likeness (QED) is 0.102. The average Bonchev–Trinajstić information content (AvgIpc) is 3.69. The number of carbonyl (C=O) groups is 5. The third kappa shape index (κ3) is 9.36. The molecule has 0 aromatic heterocycles. The van der Waals surface area contributed by atoms with Crippen LogP contribution in [0.3, 0.4) is 0 Å². The van der Waals surface area contributed by atoms with Gasteiger partial charge in [0.15, 0.2) is 12.1 Å². The summed E-state index contributed by atoms with van der Waals surface area (Å²) in [6.07, 6.45) is 1.29. The Morgan fingerprint density at radius 3 is 2.22 bits per heavy atom. The maximum absolute atomic E-state index is 14.3. The first-order chi connectivity index (χ1) is 21.5. The van der Waals surface area contributed by atoms with Crippen molar-refractivity contribution in [3.05, 3.63) is 29.8 Å². The number of nitrogens with two attached hydrogens (primary N) is 1. The lowest BCUT2D eigenvalue weighted by atomic mass is 9.84. The molecule has 1 saturated carbocycles. The van der Waals surface area contributed by atoms with Crippen LogP contribution >= 0.6 is 0 Å². The van der Waals surface area contributed by atoms with Gasteiger partial charge < -0.3 is 25.8 Å². The van der Waals surface area contributed by atoms with E-state index in [0.29, 0.717) is 30.7 Å². The van der Waals surface area contributed by atoms with E-state index in [2.05, 4.69) is 16.0 Å². The Kier molecular flexibility index (Phi) is 12.5. The number of hydrogen-bond donors (Lipinski definition) is 5. The first-order valence-corrected chi connectivity index (χ1v) is 16.3. The fourth-order valence-electron chi connectivity index (χ4n) is 6.21. The van der Waals surface area contributed by atoms with E-state index in [9.17, 15) is 29.1 Å². The van der Waals surface area contributed by atoms with Crippen LogP contribution in [0.4, 0.5) is 0 Å². The van der Waals surface area contributed by atoms with Crippen molar-refractivity contribution in [1.29, 1.82) is 0 Å². The molecule has 3 amide bonds.